The molecule has 0 aliphatic rings. The van der Waals surface area contributed by atoms with Gasteiger partial charge in [-0.1, -0.05) is 83.9 Å². The fourth-order valence-corrected chi connectivity index (χ4v) is 5.93. The first-order valence-electron chi connectivity index (χ1n) is 17.4. The molecule has 1 heterocycles. The van der Waals surface area contributed by atoms with Crippen molar-refractivity contribution in [3.05, 3.63) is 136 Å². The first-order valence-corrected chi connectivity index (χ1v) is 17.4. The summed E-state index contributed by atoms with van der Waals surface area (Å²) in [5.41, 5.74) is 5.39. The summed E-state index contributed by atoms with van der Waals surface area (Å²) in [5, 5.41) is 9.49. The SMILES string of the molecule is Cc1cccc(CN(CCN(CCCO)C(=O)OC(C)(C)C)Cc2cccc(CN(Cc3cccc(C)c3)Cc3cccc(C(F)(F)F)c3)n2)c1. The van der Waals surface area contributed by atoms with Gasteiger partial charge in [0.2, 0.25) is 0 Å². The van der Waals surface area contributed by atoms with Crippen LogP contribution in [-0.2, 0) is 43.6 Å². The number of alkyl halides is 3. The van der Waals surface area contributed by atoms with Gasteiger partial charge in [0.25, 0.3) is 0 Å². The predicted molar refractivity (Wildman–Crippen MR) is 195 cm³/mol. The molecule has 4 rings (SSSR count). The van der Waals surface area contributed by atoms with E-state index in [-0.39, 0.29) is 6.61 Å². The third-order valence-electron chi connectivity index (χ3n) is 8.20. The normalized spacial score (nSPS) is 12.1. The number of carbonyl (C=O) groups is 1. The zero-order valence-electron chi connectivity index (χ0n) is 30.4. The number of pyridine rings is 1. The number of nitrogens with zero attached hydrogens (tertiary/aromatic N) is 4. The minimum atomic E-state index is -4.42. The Kier molecular flexibility index (Phi) is 14.2. The van der Waals surface area contributed by atoms with Gasteiger partial charge < -0.3 is 14.7 Å². The summed E-state index contributed by atoms with van der Waals surface area (Å²) < 4.78 is 46.3. The molecule has 0 bridgehead atoms. The molecule has 0 fully saturated rings. The number of aliphatic hydroxyl groups is 1. The van der Waals surface area contributed by atoms with Crippen molar-refractivity contribution in [2.45, 2.75) is 85.5 Å². The molecule has 1 amide bonds. The Bertz CT molecular complexity index is 1710. The molecular formula is C41H51F3N4O3. The number of aromatic nitrogens is 1. The van der Waals surface area contributed by atoms with E-state index in [2.05, 4.69) is 41.0 Å². The van der Waals surface area contributed by atoms with E-state index in [1.54, 1.807) is 11.0 Å². The second kappa shape index (κ2) is 18.3. The number of amides is 1. The van der Waals surface area contributed by atoms with Crippen LogP contribution in [0.4, 0.5) is 18.0 Å². The fraction of sp³-hybridized carbons (Fsp3) is 0.415. The Hall–Kier alpha value is -4.25. The molecule has 0 atom stereocenters. The number of ether oxygens (including phenoxy) is 1. The summed E-state index contributed by atoms with van der Waals surface area (Å²) in [5.74, 6) is 0. The van der Waals surface area contributed by atoms with E-state index in [0.29, 0.717) is 64.3 Å². The van der Waals surface area contributed by atoms with E-state index in [9.17, 15) is 23.1 Å². The molecule has 4 aromatic rings. The molecular weight excluding hydrogens is 653 g/mol. The average molecular weight is 705 g/mol. The predicted octanol–water partition coefficient (Wildman–Crippen LogP) is 8.54. The first-order chi connectivity index (χ1) is 24.2. The van der Waals surface area contributed by atoms with Crippen LogP contribution in [0.5, 0.6) is 0 Å². The van der Waals surface area contributed by atoms with E-state index < -0.39 is 23.4 Å². The van der Waals surface area contributed by atoms with Crippen molar-refractivity contribution in [2.24, 2.45) is 0 Å². The van der Waals surface area contributed by atoms with Crippen molar-refractivity contribution in [1.29, 1.82) is 0 Å². The van der Waals surface area contributed by atoms with Crippen LogP contribution in [0.1, 0.15) is 72.0 Å². The molecule has 51 heavy (non-hydrogen) atoms. The number of hydrogen-bond donors (Lipinski definition) is 1. The molecule has 0 radical (unpaired) electrons. The van der Waals surface area contributed by atoms with Gasteiger partial charge in [0.1, 0.15) is 5.60 Å². The second-order valence-corrected chi connectivity index (χ2v) is 14.2. The van der Waals surface area contributed by atoms with Crippen molar-refractivity contribution >= 4 is 6.09 Å². The summed E-state index contributed by atoms with van der Waals surface area (Å²) in [6.45, 7) is 13.3. The van der Waals surface area contributed by atoms with Crippen molar-refractivity contribution in [2.75, 3.05) is 26.2 Å². The monoisotopic (exact) mass is 704 g/mol. The Morgan fingerprint density at radius 2 is 1.20 bits per heavy atom. The number of hydrogen-bond acceptors (Lipinski definition) is 6. The molecule has 0 spiro atoms. The average Bonchev–Trinajstić information content (AvgIpc) is 3.04. The molecule has 10 heteroatoms. The van der Waals surface area contributed by atoms with Crippen LogP contribution in [0.15, 0.2) is 91.0 Å². The molecule has 0 unspecified atom stereocenters. The number of aliphatic hydroxyl groups excluding tert-OH is 1. The molecule has 0 saturated carbocycles. The van der Waals surface area contributed by atoms with Crippen LogP contribution in [-0.4, -0.2) is 62.7 Å². The van der Waals surface area contributed by atoms with Crippen LogP contribution < -0.4 is 0 Å². The maximum atomic E-state index is 13.5. The third-order valence-corrected chi connectivity index (χ3v) is 8.20. The van der Waals surface area contributed by atoms with Crippen molar-refractivity contribution in [3.63, 3.8) is 0 Å². The lowest BCUT2D eigenvalue weighted by Gasteiger charge is -2.30. The van der Waals surface area contributed by atoms with Gasteiger partial charge in [0, 0.05) is 59.0 Å². The molecule has 1 N–H and O–H groups in total. The van der Waals surface area contributed by atoms with Crippen LogP contribution in [0, 0.1) is 13.8 Å². The summed E-state index contributed by atoms with van der Waals surface area (Å²) in [7, 11) is 0. The highest BCUT2D eigenvalue weighted by molar-refractivity contribution is 5.68. The van der Waals surface area contributed by atoms with E-state index in [4.69, 9.17) is 9.72 Å². The van der Waals surface area contributed by atoms with Gasteiger partial charge in [-0.3, -0.25) is 14.8 Å². The van der Waals surface area contributed by atoms with Crippen LogP contribution >= 0.6 is 0 Å². The van der Waals surface area contributed by atoms with Gasteiger partial charge >= 0.3 is 12.3 Å². The smallest absolute Gasteiger partial charge is 0.416 e. The summed E-state index contributed by atoms with van der Waals surface area (Å²) >= 11 is 0. The van der Waals surface area contributed by atoms with Crippen LogP contribution in [0.2, 0.25) is 0 Å². The van der Waals surface area contributed by atoms with E-state index in [0.717, 1.165) is 39.7 Å². The van der Waals surface area contributed by atoms with Gasteiger partial charge in [0.15, 0.2) is 0 Å². The number of rotatable bonds is 16. The minimum Gasteiger partial charge on any atom is -0.444 e. The zero-order chi connectivity index (χ0) is 37.0. The number of aryl methyl sites for hydroxylation is 2. The quantitative estimate of drug-likeness (QED) is 0.126. The highest BCUT2D eigenvalue weighted by Gasteiger charge is 2.30. The summed E-state index contributed by atoms with van der Waals surface area (Å²) in [6, 6.07) is 27.8. The van der Waals surface area contributed by atoms with Gasteiger partial charge in [-0.2, -0.15) is 13.2 Å². The molecule has 0 aliphatic heterocycles. The molecule has 274 valence electrons. The Labute approximate surface area is 300 Å². The van der Waals surface area contributed by atoms with Crippen LogP contribution in [0.3, 0.4) is 0 Å². The lowest BCUT2D eigenvalue weighted by Crippen LogP contribution is -2.42. The number of benzene rings is 3. The lowest BCUT2D eigenvalue weighted by atomic mass is 10.1. The summed E-state index contributed by atoms with van der Waals surface area (Å²) in [4.78, 5) is 24.1. The Balaban J connectivity index is 1.56. The summed E-state index contributed by atoms with van der Waals surface area (Å²) in [6.07, 6.45) is -4.39. The van der Waals surface area contributed by atoms with E-state index in [1.165, 1.54) is 12.1 Å². The Morgan fingerprint density at radius 1 is 0.686 bits per heavy atom. The second-order valence-electron chi connectivity index (χ2n) is 14.2. The van der Waals surface area contributed by atoms with Crippen molar-refractivity contribution < 1.29 is 27.8 Å². The highest BCUT2D eigenvalue weighted by Crippen LogP contribution is 2.30. The fourth-order valence-electron chi connectivity index (χ4n) is 5.93. The molecule has 0 aliphatic carbocycles. The maximum absolute atomic E-state index is 13.5. The lowest BCUT2D eigenvalue weighted by molar-refractivity contribution is -0.137. The minimum absolute atomic E-state index is 0.0301. The molecule has 7 nitrogen and oxygen atoms in total. The Morgan fingerprint density at radius 3 is 1.73 bits per heavy atom. The van der Waals surface area contributed by atoms with Crippen molar-refractivity contribution in [3.8, 4) is 0 Å². The largest absolute Gasteiger partial charge is 0.444 e. The van der Waals surface area contributed by atoms with Gasteiger partial charge in [-0.05, 0) is 75.9 Å². The van der Waals surface area contributed by atoms with Gasteiger partial charge in [-0.25, -0.2) is 4.79 Å². The number of carbonyl (C=O) groups excluding carboxylic acids is 1. The third kappa shape index (κ3) is 13.8. The standard InChI is InChI=1S/C41H51F3N4O3/c1-31-11-6-13-33(23-31)26-46(20-21-48(19-10-22-49)39(50)51-40(3,4)5)29-37-17-9-18-38(45-37)30-47(27-34-14-7-12-32(2)24-34)28-35-15-8-16-36(25-35)41(42,43)44/h6-9,11-18,23-25,49H,10,19-22,26-30H2,1-5H3. The zero-order valence-corrected chi connectivity index (χ0v) is 30.4. The van der Waals surface area contributed by atoms with Gasteiger partial charge in [-0.15, -0.1) is 0 Å². The van der Waals surface area contributed by atoms with Gasteiger partial charge in [0.05, 0.1) is 17.0 Å². The first kappa shape index (κ1) is 39.5. The van der Waals surface area contributed by atoms with Crippen LogP contribution in [0.25, 0.3) is 0 Å². The topological polar surface area (TPSA) is 69.1 Å². The molecule has 1 aromatic heterocycles. The van der Waals surface area contributed by atoms with E-state index in [1.807, 2.05) is 70.2 Å². The molecule has 0 saturated heterocycles. The van der Waals surface area contributed by atoms with Crippen molar-refractivity contribution in [1.82, 2.24) is 19.7 Å². The van der Waals surface area contributed by atoms with E-state index >= 15 is 0 Å². The molecule has 3 aromatic carbocycles. The highest BCUT2D eigenvalue weighted by atomic mass is 19.4. The number of halogens is 3. The maximum Gasteiger partial charge on any atom is 0.416 e.